The van der Waals surface area contributed by atoms with Crippen LogP contribution in [0.25, 0.3) is 0 Å². The number of rotatable bonds is 2. The lowest BCUT2D eigenvalue weighted by atomic mass is 9.85. The molecule has 25 heavy (non-hydrogen) atoms. The monoisotopic (exact) mass is 337 g/mol. The van der Waals surface area contributed by atoms with Crippen LogP contribution in [0.2, 0.25) is 0 Å². The minimum Gasteiger partial charge on any atom is -0.465 e. The number of amides is 2. The number of methoxy groups -OCH3 is 1. The van der Waals surface area contributed by atoms with Crippen LogP contribution in [0.1, 0.15) is 24.2 Å². The van der Waals surface area contributed by atoms with Gasteiger partial charge in [-0.25, -0.2) is 9.69 Å². The highest BCUT2D eigenvalue weighted by molar-refractivity contribution is 6.23. The van der Waals surface area contributed by atoms with Crippen molar-refractivity contribution in [3.8, 4) is 0 Å². The molecule has 4 atom stereocenters. The number of carbonyl (C=O) groups excluding carboxylic acids is 3. The second kappa shape index (κ2) is 5.41. The Bertz CT molecular complexity index is 828. The van der Waals surface area contributed by atoms with Gasteiger partial charge in [0.25, 0.3) is 0 Å². The van der Waals surface area contributed by atoms with Gasteiger partial charge in [-0.1, -0.05) is 29.4 Å². The summed E-state index contributed by atoms with van der Waals surface area (Å²) in [6.45, 7) is 4.08. The third-order valence-electron chi connectivity index (χ3n) is 5.52. The van der Waals surface area contributed by atoms with Crippen molar-refractivity contribution in [2.24, 2.45) is 23.7 Å². The second-order valence-electron chi connectivity index (χ2n) is 7.00. The predicted molar refractivity (Wildman–Crippen MR) is 91.7 cm³/mol. The molecular formula is C20H19NO4. The maximum Gasteiger partial charge on any atom is 0.337 e. The van der Waals surface area contributed by atoms with Crippen LogP contribution in [0.5, 0.6) is 0 Å². The Hall–Kier alpha value is -2.69. The summed E-state index contributed by atoms with van der Waals surface area (Å²) in [7, 11) is 1.30. The van der Waals surface area contributed by atoms with E-state index in [-0.39, 0.29) is 35.5 Å². The summed E-state index contributed by atoms with van der Waals surface area (Å²) in [5.41, 5.74) is 3.17. The van der Waals surface area contributed by atoms with Crippen LogP contribution in [-0.4, -0.2) is 24.9 Å². The number of allylic oxidation sites excluding steroid dienone is 4. The summed E-state index contributed by atoms with van der Waals surface area (Å²) < 4.78 is 4.72. The zero-order valence-corrected chi connectivity index (χ0v) is 14.4. The summed E-state index contributed by atoms with van der Waals surface area (Å²) in [6, 6.07) is 6.48. The van der Waals surface area contributed by atoms with Crippen molar-refractivity contribution in [3.05, 3.63) is 53.1 Å². The number of carbonyl (C=O) groups is 3. The Morgan fingerprint density at radius 2 is 1.64 bits per heavy atom. The molecule has 0 N–H and O–H groups in total. The van der Waals surface area contributed by atoms with Gasteiger partial charge < -0.3 is 4.74 Å². The third kappa shape index (κ3) is 2.05. The molecule has 2 amide bonds. The number of anilines is 1. The van der Waals surface area contributed by atoms with E-state index in [1.54, 1.807) is 24.3 Å². The summed E-state index contributed by atoms with van der Waals surface area (Å²) in [4.78, 5) is 39.1. The largest absolute Gasteiger partial charge is 0.465 e. The number of hydrogen-bond acceptors (Lipinski definition) is 4. The van der Waals surface area contributed by atoms with Crippen LogP contribution < -0.4 is 4.90 Å². The van der Waals surface area contributed by atoms with E-state index >= 15 is 0 Å². The van der Waals surface area contributed by atoms with Gasteiger partial charge in [0.2, 0.25) is 11.8 Å². The molecule has 1 aromatic rings. The van der Waals surface area contributed by atoms with Crippen molar-refractivity contribution in [2.45, 2.75) is 13.8 Å². The Kier molecular flexibility index (Phi) is 3.42. The van der Waals surface area contributed by atoms with Crippen LogP contribution in [0, 0.1) is 23.7 Å². The van der Waals surface area contributed by atoms with Crippen molar-refractivity contribution < 1.29 is 19.1 Å². The standard InChI is InChI=1S/C20H19NO4/c1-10(2)15-13-7-8-14(15)17-16(13)18(22)21(19(17)23)12-6-4-5-11(9-12)20(24)25-3/h4-9,13-14,16-17H,1-3H3. The molecule has 5 heteroatoms. The van der Waals surface area contributed by atoms with E-state index < -0.39 is 5.97 Å². The maximum atomic E-state index is 13.0. The Morgan fingerprint density at radius 3 is 2.16 bits per heavy atom. The van der Waals surface area contributed by atoms with Gasteiger partial charge in [0, 0.05) is 11.8 Å². The van der Waals surface area contributed by atoms with E-state index in [4.69, 9.17) is 4.74 Å². The SMILES string of the molecule is COC(=O)c1cccc(N2C(=O)C3C4C=CC(C4=C(C)C)C3C2=O)c1. The predicted octanol–water partition coefficient (Wildman–Crippen LogP) is 2.73. The van der Waals surface area contributed by atoms with Gasteiger partial charge in [-0.05, 0) is 32.0 Å². The lowest BCUT2D eigenvalue weighted by molar-refractivity contribution is -0.122. The Morgan fingerprint density at radius 1 is 1.04 bits per heavy atom. The van der Waals surface area contributed by atoms with Gasteiger partial charge >= 0.3 is 5.97 Å². The van der Waals surface area contributed by atoms with Crippen molar-refractivity contribution in [1.29, 1.82) is 0 Å². The smallest absolute Gasteiger partial charge is 0.337 e. The van der Waals surface area contributed by atoms with Crippen molar-refractivity contribution in [3.63, 3.8) is 0 Å². The molecule has 1 heterocycles. The van der Waals surface area contributed by atoms with E-state index in [9.17, 15) is 14.4 Å². The first-order chi connectivity index (χ1) is 12.0. The molecule has 128 valence electrons. The molecule has 4 rings (SSSR count). The molecule has 5 nitrogen and oxygen atoms in total. The number of fused-ring (bicyclic) bond motifs is 5. The minimum atomic E-state index is -0.491. The van der Waals surface area contributed by atoms with Crippen LogP contribution in [0.15, 0.2) is 47.6 Å². The highest BCUT2D eigenvalue weighted by Crippen LogP contribution is 2.57. The summed E-state index contributed by atoms with van der Waals surface area (Å²) in [5.74, 6) is -1.45. The number of ether oxygens (including phenoxy) is 1. The zero-order chi connectivity index (χ0) is 17.9. The molecule has 1 aliphatic heterocycles. The van der Waals surface area contributed by atoms with Gasteiger partial charge in [-0.15, -0.1) is 0 Å². The van der Waals surface area contributed by atoms with Crippen molar-refractivity contribution in [1.82, 2.24) is 0 Å². The fourth-order valence-corrected chi connectivity index (χ4v) is 4.57. The molecule has 4 unspecified atom stereocenters. The molecule has 0 aromatic heterocycles. The van der Waals surface area contributed by atoms with Gasteiger partial charge in [-0.3, -0.25) is 9.59 Å². The van der Waals surface area contributed by atoms with Crippen LogP contribution in [-0.2, 0) is 14.3 Å². The first-order valence-corrected chi connectivity index (χ1v) is 8.37. The van der Waals surface area contributed by atoms with Crippen LogP contribution >= 0.6 is 0 Å². The van der Waals surface area contributed by atoms with Crippen molar-refractivity contribution >= 4 is 23.5 Å². The second-order valence-corrected chi connectivity index (χ2v) is 7.00. The number of esters is 1. The van der Waals surface area contributed by atoms with E-state index in [1.165, 1.54) is 23.2 Å². The van der Waals surface area contributed by atoms with Gasteiger partial charge in [0.1, 0.15) is 0 Å². The first-order valence-electron chi connectivity index (χ1n) is 8.37. The summed E-state index contributed by atoms with van der Waals surface area (Å²) >= 11 is 0. The molecule has 2 fully saturated rings. The average molecular weight is 337 g/mol. The van der Waals surface area contributed by atoms with E-state index in [0.29, 0.717) is 11.3 Å². The third-order valence-corrected chi connectivity index (χ3v) is 5.52. The molecule has 2 aliphatic carbocycles. The van der Waals surface area contributed by atoms with Crippen LogP contribution in [0.4, 0.5) is 5.69 Å². The van der Waals surface area contributed by atoms with Crippen LogP contribution in [0.3, 0.4) is 0 Å². The topological polar surface area (TPSA) is 63.7 Å². The number of imide groups is 1. The highest BCUT2D eigenvalue weighted by Gasteiger charge is 2.61. The maximum absolute atomic E-state index is 13.0. The normalized spacial score (nSPS) is 29.4. The minimum absolute atomic E-state index is 0.0187. The fraction of sp³-hybridized carbons (Fsp3) is 0.350. The number of hydrogen-bond donors (Lipinski definition) is 0. The van der Waals surface area contributed by atoms with Gasteiger partial charge in [0.05, 0.1) is 30.2 Å². The number of benzene rings is 1. The highest BCUT2D eigenvalue weighted by atomic mass is 16.5. The average Bonchev–Trinajstić information content (AvgIpc) is 3.24. The van der Waals surface area contributed by atoms with Crippen molar-refractivity contribution in [2.75, 3.05) is 12.0 Å². The van der Waals surface area contributed by atoms with Gasteiger partial charge in [0.15, 0.2) is 0 Å². The molecule has 2 bridgehead atoms. The van der Waals surface area contributed by atoms with E-state index in [2.05, 4.69) is 12.2 Å². The number of nitrogens with zero attached hydrogens (tertiary/aromatic N) is 1. The molecule has 1 saturated carbocycles. The van der Waals surface area contributed by atoms with E-state index in [0.717, 1.165) is 0 Å². The summed E-state index contributed by atoms with van der Waals surface area (Å²) in [6.07, 6.45) is 4.13. The van der Waals surface area contributed by atoms with E-state index in [1.807, 2.05) is 13.8 Å². The molecule has 0 radical (unpaired) electrons. The molecule has 3 aliphatic rings. The lowest BCUT2D eigenvalue weighted by Crippen LogP contribution is -2.33. The first kappa shape index (κ1) is 15.8. The quantitative estimate of drug-likeness (QED) is 0.473. The zero-order valence-electron chi connectivity index (χ0n) is 14.4. The Balaban J connectivity index is 1.73. The molecular weight excluding hydrogens is 318 g/mol. The lowest BCUT2D eigenvalue weighted by Gasteiger charge is -2.19. The molecule has 1 saturated heterocycles. The Labute approximate surface area is 146 Å². The molecule has 1 aromatic carbocycles. The van der Waals surface area contributed by atoms with Gasteiger partial charge in [-0.2, -0.15) is 0 Å². The fourth-order valence-electron chi connectivity index (χ4n) is 4.57. The molecule has 0 spiro atoms. The summed E-state index contributed by atoms with van der Waals surface area (Å²) in [5, 5.41) is 0.